The molecule has 0 saturated carbocycles. The summed E-state index contributed by atoms with van der Waals surface area (Å²) in [6, 6.07) is 41.1. The lowest BCUT2D eigenvalue weighted by molar-refractivity contribution is -0.661. The Kier molecular flexibility index (Phi) is 22.1. The van der Waals surface area contributed by atoms with Gasteiger partial charge in [0, 0.05) is 72.9 Å². The van der Waals surface area contributed by atoms with Crippen LogP contribution in [0.25, 0.3) is 45.0 Å². The fourth-order valence-electron chi connectivity index (χ4n) is 12.2. The molecule has 4 nitrogen and oxygen atoms in total. The van der Waals surface area contributed by atoms with Gasteiger partial charge in [-0.3, -0.25) is 0 Å². The van der Waals surface area contributed by atoms with Crippen molar-refractivity contribution in [3.8, 4) is 45.0 Å². The molecule has 0 unspecified atom stereocenters. The molecule has 0 aliphatic heterocycles. The first-order valence-corrected chi connectivity index (χ1v) is 32.3. The van der Waals surface area contributed by atoms with Crippen LogP contribution >= 0.6 is 0 Å². The van der Waals surface area contributed by atoms with Gasteiger partial charge in [0.15, 0.2) is 24.8 Å². The quantitative estimate of drug-likeness (QED) is 0.102. The summed E-state index contributed by atoms with van der Waals surface area (Å²) in [5, 5.41) is 0. The van der Waals surface area contributed by atoms with Gasteiger partial charge in [-0.15, -0.1) is 0 Å². The van der Waals surface area contributed by atoms with Gasteiger partial charge in [-0.1, -0.05) is 175 Å². The molecule has 8 rings (SSSR count). The van der Waals surface area contributed by atoms with E-state index in [1.165, 1.54) is 121 Å². The highest BCUT2D eigenvalue weighted by molar-refractivity contribution is 5.65. The smallest absolute Gasteiger partial charge is 0.201 e. The first kappa shape index (κ1) is 65.5. The molecule has 0 radical (unpaired) electrons. The van der Waals surface area contributed by atoms with Crippen LogP contribution in [0.5, 0.6) is 0 Å². The van der Waals surface area contributed by atoms with Crippen LogP contribution < -0.4 is 18.3 Å². The number of rotatable bonds is 13. The van der Waals surface area contributed by atoms with Crippen LogP contribution in [0, 0.1) is 55.3 Å². The summed E-state index contributed by atoms with van der Waals surface area (Å²) in [6.45, 7) is 47.5. The fraction of sp³-hybridized carbons (Fsp3) is 0.463. The van der Waals surface area contributed by atoms with Gasteiger partial charge in [0.05, 0.1) is 0 Å². The summed E-state index contributed by atoms with van der Waals surface area (Å²) in [5.41, 5.74) is 27.6. The molecule has 0 spiro atoms. The number of hydrogen-bond donors (Lipinski definition) is 0. The van der Waals surface area contributed by atoms with Crippen molar-refractivity contribution in [3.63, 3.8) is 0 Å². The number of aryl methyl sites for hydroxylation is 12. The van der Waals surface area contributed by atoms with E-state index in [0.717, 1.165) is 29.7 Å². The predicted octanol–water partition coefficient (Wildman–Crippen LogP) is 20.0. The Hall–Kier alpha value is -6.52. The molecular formula is C82H116N4+4. The number of nitrogens with zero attached hydrogens (tertiary/aromatic N) is 4. The highest BCUT2D eigenvalue weighted by atomic mass is 14.9. The molecule has 0 aliphatic rings. The third-order valence-electron chi connectivity index (χ3n) is 19.6. The SMILES string of the molecule is CCC(C)(CC)c1c[n+](C)c(-c2ccccc2C)cc1C.CCC(C)(CC)c1ccc(-c2ccc(C)cc2C)[n+](C)c1.Cc1ccc(-c2cc(C(C)(C)C)c(C(C)(C)C)c[n+]2C)c(C)c1.[2H]C([2H])([2H])c1ccc(-c2ccc(C(C)(CC)CC)c[n+]2C)c(C)c1. The Labute approximate surface area is 530 Å². The van der Waals surface area contributed by atoms with Gasteiger partial charge >= 0.3 is 0 Å². The maximum atomic E-state index is 7.55. The molecule has 4 aromatic carbocycles. The van der Waals surface area contributed by atoms with Crippen molar-refractivity contribution in [1.82, 2.24) is 0 Å². The molecule has 0 atom stereocenters. The van der Waals surface area contributed by atoms with Gasteiger partial charge < -0.3 is 0 Å². The maximum absolute atomic E-state index is 7.55. The van der Waals surface area contributed by atoms with E-state index >= 15 is 0 Å². The number of benzene rings is 4. The minimum Gasteiger partial charge on any atom is -0.201 e. The lowest BCUT2D eigenvalue weighted by Gasteiger charge is -2.29. The topological polar surface area (TPSA) is 15.5 Å². The van der Waals surface area contributed by atoms with Crippen LogP contribution in [0.2, 0.25) is 0 Å². The predicted molar refractivity (Wildman–Crippen MR) is 371 cm³/mol. The van der Waals surface area contributed by atoms with Crippen LogP contribution in [-0.4, -0.2) is 0 Å². The monoisotopic (exact) mass is 1160 g/mol. The second kappa shape index (κ2) is 29.0. The lowest BCUT2D eigenvalue weighted by Crippen LogP contribution is -2.36. The van der Waals surface area contributed by atoms with Crippen molar-refractivity contribution in [1.29, 1.82) is 0 Å². The molecule has 0 bridgehead atoms. The Balaban J connectivity index is 0.000000216. The average Bonchev–Trinajstić information content (AvgIpc) is 1.84. The molecule has 460 valence electrons. The third kappa shape index (κ3) is 16.5. The zero-order valence-corrected chi connectivity index (χ0v) is 58.8. The van der Waals surface area contributed by atoms with E-state index in [1.54, 1.807) is 12.1 Å². The molecule has 4 aromatic heterocycles. The Morgan fingerprint density at radius 3 is 1.03 bits per heavy atom. The molecule has 4 heteroatoms. The highest BCUT2D eigenvalue weighted by Crippen LogP contribution is 2.38. The van der Waals surface area contributed by atoms with Gasteiger partial charge in [0.25, 0.3) is 0 Å². The average molecular weight is 1160 g/mol. The second-order valence-electron chi connectivity index (χ2n) is 28.1. The minimum atomic E-state index is -2.06. The van der Waals surface area contributed by atoms with Crippen LogP contribution in [-0.2, 0) is 55.3 Å². The fourth-order valence-corrected chi connectivity index (χ4v) is 12.2. The van der Waals surface area contributed by atoms with Gasteiger partial charge in [0.1, 0.15) is 28.2 Å². The number of aromatic nitrogens is 4. The van der Waals surface area contributed by atoms with Crippen molar-refractivity contribution in [3.05, 3.63) is 212 Å². The molecule has 0 aliphatic carbocycles. The van der Waals surface area contributed by atoms with Crippen molar-refractivity contribution in [2.75, 3.05) is 0 Å². The molecule has 0 N–H and O–H groups in total. The van der Waals surface area contributed by atoms with Crippen molar-refractivity contribution in [2.24, 2.45) is 28.2 Å². The molecule has 0 saturated heterocycles. The summed E-state index contributed by atoms with van der Waals surface area (Å²) in [5.74, 6) is 0. The van der Waals surface area contributed by atoms with Gasteiger partial charge in [-0.05, 0) is 191 Å². The molecular weight excluding hydrogens is 1040 g/mol. The second-order valence-corrected chi connectivity index (χ2v) is 28.1. The zero-order valence-electron chi connectivity index (χ0n) is 61.8. The third-order valence-corrected chi connectivity index (χ3v) is 19.6. The normalized spacial score (nSPS) is 12.6. The summed E-state index contributed by atoms with van der Waals surface area (Å²) in [4.78, 5) is 0. The first-order valence-electron chi connectivity index (χ1n) is 33.8. The molecule has 4 heterocycles. The van der Waals surface area contributed by atoms with E-state index in [-0.39, 0.29) is 27.1 Å². The van der Waals surface area contributed by atoms with E-state index < -0.39 is 6.85 Å². The summed E-state index contributed by atoms with van der Waals surface area (Å²) < 4.78 is 31.7. The van der Waals surface area contributed by atoms with Crippen molar-refractivity contribution in [2.45, 2.75) is 225 Å². The van der Waals surface area contributed by atoms with Crippen LogP contribution in [0.4, 0.5) is 0 Å². The van der Waals surface area contributed by atoms with Gasteiger partial charge in [-0.2, -0.15) is 0 Å². The highest BCUT2D eigenvalue weighted by Gasteiger charge is 2.32. The molecule has 0 amide bonds. The number of hydrogen-bond acceptors (Lipinski definition) is 0. The van der Waals surface area contributed by atoms with Crippen LogP contribution in [0.1, 0.15) is 219 Å². The number of pyridine rings is 4. The Bertz CT molecular complexity index is 3700. The molecule has 8 aromatic rings. The summed E-state index contributed by atoms with van der Waals surface area (Å²) >= 11 is 0. The molecule has 86 heavy (non-hydrogen) atoms. The Morgan fingerprint density at radius 2 is 0.663 bits per heavy atom. The summed E-state index contributed by atoms with van der Waals surface area (Å²) in [7, 11) is 8.54. The van der Waals surface area contributed by atoms with E-state index in [0.29, 0.717) is 5.56 Å². The lowest BCUT2D eigenvalue weighted by atomic mass is 9.75. The Morgan fingerprint density at radius 1 is 0.314 bits per heavy atom. The largest absolute Gasteiger partial charge is 0.212 e. The van der Waals surface area contributed by atoms with Crippen molar-refractivity contribution < 1.29 is 22.4 Å². The van der Waals surface area contributed by atoms with Gasteiger partial charge in [0.2, 0.25) is 22.8 Å². The van der Waals surface area contributed by atoms with Gasteiger partial charge in [-0.25, -0.2) is 18.3 Å². The van der Waals surface area contributed by atoms with Crippen LogP contribution in [0.3, 0.4) is 0 Å². The van der Waals surface area contributed by atoms with E-state index in [2.05, 4.69) is 314 Å². The molecule has 0 fully saturated rings. The van der Waals surface area contributed by atoms with E-state index in [9.17, 15) is 0 Å². The van der Waals surface area contributed by atoms with Crippen molar-refractivity contribution >= 4 is 0 Å². The standard InChI is InChI=1S/C22H32N.3C20H28N/c1-15-10-11-17(16(2)12-15)20-13-18(21(3,4)5)19(14-23(20)9)22(6,7)8;2*1-7-20(5,8-2)17-10-12-19(21(6)14-17)18-11-9-15(3)13-16(18)4;1-7-20(5,8-2)18-14-21(6)19(13-16(18)4)17-12-10-9-11-15(17)3/h10-14H,1-9H3;3*9-14H,7-8H2,1-6H3/q4*+1/i;3D3;;. The first-order chi connectivity index (χ1) is 41.4. The summed E-state index contributed by atoms with van der Waals surface area (Å²) in [6.07, 6.45) is 16.1. The zero-order chi connectivity index (χ0) is 66.9. The minimum absolute atomic E-state index is 0.129. The van der Waals surface area contributed by atoms with E-state index in [4.69, 9.17) is 4.11 Å². The van der Waals surface area contributed by atoms with Crippen LogP contribution in [0.15, 0.2) is 140 Å². The van der Waals surface area contributed by atoms with E-state index in [1.807, 2.05) is 13.0 Å². The maximum Gasteiger partial charge on any atom is 0.212 e.